The van der Waals surface area contributed by atoms with Crippen LogP contribution in [-0.4, -0.2) is 23.8 Å². The lowest BCUT2D eigenvalue weighted by Gasteiger charge is -2.04. The molecule has 5 heteroatoms. The van der Waals surface area contributed by atoms with Crippen LogP contribution in [0.3, 0.4) is 0 Å². The molecule has 1 atom stereocenters. The van der Waals surface area contributed by atoms with Crippen LogP contribution in [-0.2, 0) is 0 Å². The normalized spacial score (nSPS) is 12.4. The summed E-state index contributed by atoms with van der Waals surface area (Å²) in [4.78, 5) is 4.38. The van der Waals surface area contributed by atoms with Gasteiger partial charge in [0.2, 0.25) is 11.7 Å². The van der Waals surface area contributed by atoms with Gasteiger partial charge in [-0.05, 0) is 18.6 Å². The third kappa shape index (κ3) is 2.51. The SMILES string of the molecule is CCC(CN)c1nc(-c2cccc(OC)c2)no1. The monoisotopic (exact) mass is 247 g/mol. The molecule has 0 aliphatic carbocycles. The molecule has 0 amide bonds. The van der Waals surface area contributed by atoms with Crippen molar-refractivity contribution in [2.75, 3.05) is 13.7 Å². The van der Waals surface area contributed by atoms with Crippen LogP contribution in [0.2, 0.25) is 0 Å². The van der Waals surface area contributed by atoms with E-state index < -0.39 is 0 Å². The first kappa shape index (κ1) is 12.6. The molecule has 1 heterocycles. The summed E-state index contributed by atoms with van der Waals surface area (Å²) < 4.78 is 10.4. The summed E-state index contributed by atoms with van der Waals surface area (Å²) in [5.41, 5.74) is 6.53. The van der Waals surface area contributed by atoms with Crippen molar-refractivity contribution in [2.24, 2.45) is 5.73 Å². The van der Waals surface area contributed by atoms with Crippen molar-refractivity contribution < 1.29 is 9.26 Å². The van der Waals surface area contributed by atoms with Crippen LogP contribution in [0.4, 0.5) is 0 Å². The Morgan fingerprint density at radius 3 is 2.94 bits per heavy atom. The van der Waals surface area contributed by atoms with Crippen molar-refractivity contribution in [3.05, 3.63) is 30.2 Å². The summed E-state index contributed by atoms with van der Waals surface area (Å²) in [6, 6.07) is 7.56. The number of methoxy groups -OCH3 is 1. The van der Waals surface area contributed by atoms with Gasteiger partial charge in [-0.3, -0.25) is 0 Å². The number of rotatable bonds is 5. The minimum absolute atomic E-state index is 0.122. The Labute approximate surface area is 106 Å². The largest absolute Gasteiger partial charge is 0.497 e. The Balaban J connectivity index is 2.28. The molecule has 18 heavy (non-hydrogen) atoms. The molecule has 0 saturated heterocycles. The van der Waals surface area contributed by atoms with Crippen LogP contribution in [0.25, 0.3) is 11.4 Å². The predicted molar refractivity (Wildman–Crippen MR) is 68.4 cm³/mol. The average molecular weight is 247 g/mol. The molecule has 5 nitrogen and oxygen atoms in total. The van der Waals surface area contributed by atoms with E-state index in [9.17, 15) is 0 Å². The van der Waals surface area contributed by atoms with Crippen LogP contribution in [0, 0.1) is 0 Å². The average Bonchev–Trinajstić information content (AvgIpc) is 2.90. The molecule has 0 radical (unpaired) electrons. The zero-order valence-corrected chi connectivity index (χ0v) is 10.6. The van der Waals surface area contributed by atoms with Gasteiger partial charge < -0.3 is 15.0 Å². The molecule has 1 aromatic heterocycles. The minimum atomic E-state index is 0.122. The Kier molecular flexibility index (Phi) is 3.94. The molecule has 0 bridgehead atoms. The third-order valence-corrected chi connectivity index (χ3v) is 2.90. The predicted octanol–water partition coefficient (Wildman–Crippen LogP) is 2.20. The van der Waals surface area contributed by atoms with Gasteiger partial charge in [-0.15, -0.1) is 0 Å². The molecule has 96 valence electrons. The number of aromatic nitrogens is 2. The first-order chi connectivity index (χ1) is 8.78. The molecular weight excluding hydrogens is 230 g/mol. The number of nitrogens with zero attached hydrogens (tertiary/aromatic N) is 2. The van der Waals surface area contributed by atoms with Crippen LogP contribution in [0.5, 0.6) is 5.75 Å². The summed E-state index contributed by atoms with van der Waals surface area (Å²) >= 11 is 0. The Hall–Kier alpha value is -1.88. The quantitative estimate of drug-likeness (QED) is 0.876. The van der Waals surface area contributed by atoms with Gasteiger partial charge >= 0.3 is 0 Å². The van der Waals surface area contributed by atoms with Gasteiger partial charge in [-0.25, -0.2) is 0 Å². The Morgan fingerprint density at radius 1 is 1.44 bits per heavy atom. The van der Waals surface area contributed by atoms with E-state index in [-0.39, 0.29) is 5.92 Å². The highest BCUT2D eigenvalue weighted by Gasteiger charge is 2.16. The van der Waals surface area contributed by atoms with Crippen LogP contribution >= 0.6 is 0 Å². The molecule has 1 aromatic carbocycles. The van der Waals surface area contributed by atoms with E-state index in [1.807, 2.05) is 31.2 Å². The van der Waals surface area contributed by atoms with E-state index in [4.69, 9.17) is 15.0 Å². The van der Waals surface area contributed by atoms with E-state index in [1.54, 1.807) is 7.11 Å². The fraction of sp³-hybridized carbons (Fsp3) is 0.385. The number of hydrogen-bond donors (Lipinski definition) is 1. The van der Waals surface area contributed by atoms with Crippen molar-refractivity contribution in [2.45, 2.75) is 19.3 Å². The molecular formula is C13H17N3O2. The van der Waals surface area contributed by atoms with Gasteiger partial charge in [0.05, 0.1) is 13.0 Å². The summed E-state index contributed by atoms with van der Waals surface area (Å²) in [7, 11) is 1.63. The zero-order valence-electron chi connectivity index (χ0n) is 10.6. The van der Waals surface area contributed by atoms with Crippen molar-refractivity contribution in [1.82, 2.24) is 10.1 Å². The van der Waals surface area contributed by atoms with Gasteiger partial charge in [0.25, 0.3) is 0 Å². The summed E-state index contributed by atoms with van der Waals surface area (Å²) in [5, 5.41) is 3.98. The van der Waals surface area contributed by atoms with Crippen molar-refractivity contribution in [3.8, 4) is 17.1 Å². The fourth-order valence-electron chi connectivity index (χ4n) is 1.72. The molecule has 2 rings (SSSR count). The molecule has 2 N–H and O–H groups in total. The van der Waals surface area contributed by atoms with E-state index in [0.29, 0.717) is 18.3 Å². The molecule has 2 aromatic rings. The second-order valence-corrected chi connectivity index (χ2v) is 4.03. The van der Waals surface area contributed by atoms with Crippen LogP contribution in [0.15, 0.2) is 28.8 Å². The second kappa shape index (κ2) is 5.64. The fourth-order valence-corrected chi connectivity index (χ4v) is 1.72. The minimum Gasteiger partial charge on any atom is -0.497 e. The van der Waals surface area contributed by atoms with Gasteiger partial charge in [0, 0.05) is 12.1 Å². The third-order valence-electron chi connectivity index (χ3n) is 2.90. The highest BCUT2D eigenvalue weighted by molar-refractivity contribution is 5.56. The highest BCUT2D eigenvalue weighted by Crippen LogP contribution is 2.23. The van der Waals surface area contributed by atoms with Gasteiger partial charge in [0.15, 0.2) is 0 Å². The maximum atomic E-state index is 5.66. The topological polar surface area (TPSA) is 74.2 Å². The molecule has 0 aliphatic rings. The lowest BCUT2D eigenvalue weighted by atomic mass is 10.1. The lowest BCUT2D eigenvalue weighted by molar-refractivity contribution is 0.351. The molecule has 0 saturated carbocycles. The van der Waals surface area contributed by atoms with Gasteiger partial charge in [-0.2, -0.15) is 4.98 Å². The Bertz CT molecular complexity index is 506. The van der Waals surface area contributed by atoms with Crippen LogP contribution in [0.1, 0.15) is 25.2 Å². The lowest BCUT2D eigenvalue weighted by Crippen LogP contribution is -2.11. The number of ether oxygens (including phenoxy) is 1. The number of benzene rings is 1. The maximum Gasteiger partial charge on any atom is 0.231 e. The van der Waals surface area contributed by atoms with E-state index >= 15 is 0 Å². The zero-order chi connectivity index (χ0) is 13.0. The number of nitrogens with two attached hydrogens (primary N) is 1. The second-order valence-electron chi connectivity index (χ2n) is 4.03. The van der Waals surface area contributed by atoms with Gasteiger partial charge in [0.1, 0.15) is 5.75 Å². The van der Waals surface area contributed by atoms with E-state index in [2.05, 4.69) is 10.1 Å². The van der Waals surface area contributed by atoms with Crippen molar-refractivity contribution >= 4 is 0 Å². The molecule has 0 fully saturated rings. The first-order valence-corrected chi connectivity index (χ1v) is 5.96. The van der Waals surface area contributed by atoms with E-state index in [0.717, 1.165) is 17.7 Å². The van der Waals surface area contributed by atoms with Crippen molar-refractivity contribution in [3.63, 3.8) is 0 Å². The smallest absolute Gasteiger partial charge is 0.231 e. The number of hydrogen-bond acceptors (Lipinski definition) is 5. The maximum absolute atomic E-state index is 5.66. The summed E-state index contributed by atoms with van der Waals surface area (Å²) in [5.74, 6) is 2.05. The molecule has 0 spiro atoms. The summed E-state index contributed by atoms with van der Waals surface area (Å²) in [6.07, 6.45) is 0.885. The van der Waals surface area contributed by atoms with Crippen LogP contribution < -0.4 is 10.5 Å². The standard InChI is InChI=1S/C13H17N3O2/c1-3-9(8-14)13-15-12(16-18-13)10-5-4-6-11(7-10)17-2/h4-7,9H,3,8,14H2,1-2H3. The van der Waals surface area contributed by atoms with Gasteiger partial charge in [-0.1, -0.05) is 24.2 Å². The highest BCUT2D eigenvalue weighted by atomic mass is 16.5. The van der Waals surface area contributed by atoms with E-state index in [1.165, 1.54) is 0 Å². The Morgan fingerprint density at radius 2 is 2.28 bits per heavy atom. The molecule has 1 unspecified atom stereocenters. The first-order valence-electron chi connectivity index (χ1n) is 5.96. The molecule has 0 aliphatic heterocycles. The summed E-state index contributed by atoms with van der Waals surface area (Å²) in [6.45, 7) is 2.56. The van der Waals surface area contributed by atoms with Crippen molar-refractivity contribution in [1.29, 1.82) is 0 Å².